The number of ketones is 1. The van der Waals surface area contributed by atoms with Crippen molar-refractivity contribution in [2.45, 2.75) is 66.7 Å². The van der Waals surface area contributed by atoms with E-state index in [-0.39, 0.29) is 5.78 Å². The summed E-state index contributed by atoms with van der Waals surface area (Å²) < 4.78 is 0. The lowest BCUT2D eigenvalue weighted by Crippen LogP contribution is -2.19. The molecule has 0 saturated carbocycles. The van der Waals surface area contributed by atoms with Gasteiger partial charge in [-0.15, -0.1) is 0 Å². The van der Waals surface area contributed by atoms with Crippen molar-refractivity contribution < 1.29 is 4.79 Å². The predicted molar refractivity (Wildman–Crippen MR) is 90.2 cm³/mol. The fourth-order valence-corrected chi connectivity index (χ4v) is 3.62. The second-order valence-electron chi connectivity index (χ2n) is 7.26. The molecule has 0 heterocycles. The molecule has 21 heavy (non-hydrogen) atoms. The maximum absolute atomic E-state index is 11.2. The predicted octanol–water partition coefficient (Wildman–Crippen LogP) is 5.69. The van der Waals surface area contributed by atoms with Gasteiger partial charge in [0.1, 0.15) is 0 Å². The summed E-state index contributed by atoms with van der Waals surface area (Å²) in [6.45, 7) is 10.8. The molecule has 0 aromatic heterocycles. The third-order valence-electron chi connectivity index (χ3n) is 4.84. The van der Waals surface area contributed by atoms with Crippen LogP contribution in [0.3, 0.4) is 0 Å². The molecule has 0 aromatic carbocycles. The average molecular weight is 284 g/mol. The second-order valence-corrected chi connectivity index (χ2v) is 7.26. The Bertz CT molecular complexity index is 565. The first-order valence-electron chi connectivity index (χ1n) is 8.10. The number of hydrogen-bond acceptors (Lipinski definition) is 1. The van der Waals surface area contributed by atoms with Gasteiger partial charge in [-0.05, 0) is 86.7 Å². The van der Waals surface area contributed by atoms with Gasteiger partial charge in [0.2, 0.25) is 0 Å². The summed E-state index contributed by atoms with van der Waals surface area (Å²) in [5.74, 6) is 0.147. The van der Waals surface area contributed by atoms with Crippen molar-refractivity contribution in [1.82, 2.24) is 0 Å². The van der Waals surface area contributed by atoms with Crippen LogP contribution >= 0.6 is 0 Å². The smallest absolute Gasteiger partial charge is 0.152 e. The van der Waals surface area contributed by atoms with Crippen molar-refractivity contribution in [2.75, 3.05) is 0 Å². The summed E-state index contributed by atoms with van der Waals surface area (Å²) in [6, 6.07) is 0. The molecule has 0 aromatic rings. The molecule has 2 rings (SSSR count). The lowest BCUT2D eigenvalue weighted by Gasteiger charge is -2.34. The minimum atomic E-state index is 0.147. The lowest BCUT2D eigenvalue weighted by molar-refractivity contribution is -0.112. The Hall–Kier alpha value is -1.37. The Labute approximate surface area is 129 Å². The van der Waals surface area contributed by atoms with Crippen LogP contribution in [-0.4, -0.2) is 5.78 Å². The highest BCUT2D eigenvalue weighted by molar-refractivity contribution is 5.88. The van der Waals surface area contributed by atoms with Gasteiger partial charge in [0.25, 0.3) is 0 Å². The summed E-state index contributed by atoms with van der Waals surface area (Å²) >= 11 is 0. The molecule has 0 atom stereocenters. The van der Waals surface area contributed by atoms with Crippen LogP contribution in [0, 0.1) is 5.41 Å². The van der Waals surface area contributed by atoms with Crippen LogP contribution in [0.4, 0.5) is 0 Å². The molecule has 0 aliphatic heterocycles. The number of carbonyl (C=O) groups is 1. The SMILES string of the molecule is CC(=O)/C=C1C=C(C)/C(=C/C2=C(C)CCCC2(C)C)CC/1. The molecule has 2 aliphatic rings. The molecule has 2 aliphatic carbocycles. The van der Waals surface area contributed by atoms with Gasteiger partial charge in [0.05, 0.1) is 0 Å². The van der Waals surface area contributed by atoms with E-state index in [1.54, 1.807) is 18.6 Å². The molecule has 0 spiro atoms. The molecule has 0 fully saturated rings. The summed E-state index contributed by atoms with van der Waals surface area (Å²) in [4.78, 5) is 11.2. The van der Waals surface area contributed by atoms with Gasteiger partial charge in [-0.1, -0.05) is 31.6 Å². The standard InChI is InChI=1S/C20H28O/c1-14-7-6-10-20(4,5)19(14)13-18-9-8-17(11-15(18)2)12-16(3)21/h11-13H,6-10H2,1-5H3/b17-12+,18-13+. The van der Waals surface area contributed by atoms with Gasteiger partial charge in [-0.25, -0.2) is 0 Å². The fourth-order valence-electron chi connectivity index (χ4n) is 3.62. The summed E-state index contributed by atoms with van der Waals surface area (Å²) in [6.07, 6.45) is 12.3. The quantitative estimate of drug-likeness (QED) is 0.595. The van der Waals surface area contributed by atoms with E-state index in [9.17, 15) is 4.79 Å². The van der Waals surface area contributed by atoms with Crippen LogP contribution in [0.1, 0.15) is 66.7 Å². The zero-order valence-electron chi connectivity index (χ0n) is 14.2. The van der Waals surface area contributed by atoms with E-state index in [1.807, 2.05) is 0 Å². The maximum Gasteiger partial charge on any atom is 0.152 e. The number of hydrogen-bond donors (Lipinski definition) is 0. The summed E-state index contributed by atoms with van der Waals surface area (Å²) in [7, 11) is 0. The van der Waals surface area contributed by atoms with Crippen LogP contribution < -0.4 is 0 Å². The topological polar surface area (TPSA) is 17.1 Å². The van der Waals surface area contributed by atoms with Crippen molar-refractivity contribution in [3.05, 3.63) is 46.1 Å². The van der Waals surface area contributed by atoms with Gasteiger partial charge in [0.15, 0.2) is 5.78 Å². The van der Waals surface area contributed by atoms with Crippen molar-refractivity contribution in [3.8, 4) is 0 Å². The van der Waals surface area contributed by atoms with E-state index in [0.717, 1.165) is 12.8 Å². The number of rotatable bonds is 2. The third kappa shape index (κ3) is 3.84. The van der Waals surface area contributed by atoms with E-state index >= 15 is 0 Å². The molecular formula is C20H28O. The van der Waals surface area contributed by atoms with Crippen LogP contribution in [0.25, 0.3) is 0 Å². The zero-order chi connectivity index (χ0) is 15.6. The van der Waals surface area contributed by atoms with E-state index in [1.165, 1.54) is 41.6 Å². The Morgan fingerprint density at radius 3 is 2.48 bits per heavy atom. The fraction of sp³-hybridized carbons (Fsp3) is 0.550. The van der Waals surface area contributed by atoms with E-state index in [2.05, 4.69) is 39.8 Å². The van der Waals surface area contributed by atoms with Gasteiger partial charge in [0, 0.05) is 0 Å². The first-order valence-corrected chi connectivity index (χ1v) is 8.10. The Kier molecular flexibility index (Phi) is 4.70. The highest BCUT2D eigenvalue weighted by atomic mass is 16.1. The first-order chi connectivity index (χ1) is 9.79. The molecule has 0 N–H and O–H groups in total. The molecule has 0 unspecified atom stereocenters. The minimum Gasteiger partial charge on any atom is -0.295 e. The molecule has 114 valence electrons. The molecule has 1 nitrogen and oxygen atoms in total. The Morgan fingerprint density at radius 2 is 1.90 bits per heavy atom. The summed E-state index contributed by atoms with van der Waals surface area (Å²) in [5, 5.41) is 0. The zero-order valence-corrected chi connectivity index (χ0v) is 14.2. The monoisotopic (exact) mass is 284 g/mol. The van der Waals surface area contributed by atoms with Crippen molar-refractivity contribution in [3.63, 3.8) is 0 Å². The van der Waals surface area contributed by atoms with Crippen LogP contribution in [-0.2, 0) is 4.79 Å². The lowest BCUT2D eigenvalue weighted by atomic mass is 9.71. The first kappa shape index (κ1) is 16.0. The molecule has 0 bridgehead atoms. The van der Waals surface area contributed by atoms with E-state index in [0.29, 0.717) is 5.41 Å². The molecular weight excluding hydrogens is 256 g/mol. The normalized spacial score (nSPS) is 26.2. The third-order valence-corrected chi connectivity index (χ3v) is 4.84. The second kappa shape index (κ2) is 6.17. The van der Waals surface area contributed by atoms with E-state index < -0.39 is 0 Å². The number of carbonyl (C=O) groups excluding carboxylic acids is 1. The molecule has 1 heteroatoms. The molecule has 0 saturated heterocycles. The summed E-state index contributed by atoms with van der Waals surface area (Å²) in [5.41, 5.74) is 7.32. The number of allylic oxidation sites excluding steroid dienone is 8. The van der Waals surface area contributed by atoms with Crippen molar-refractivity contribution >= 4 is 5.78 Å². The van der Waals surface area contributed by atoms with Crippen LogP contribution in [0.2, 0.25) is 0 Å². The van der Waals surface area contributed by atoms with Crippen molar-refractivity contribution in [2.24, 2.45) is 5.41 Å². The Balaban J connectivity index is 2.33. The van der Waals surface area contributed by atoms with Gasteiger partial charge in [-0.2, -0.15) is 0 Å². The van der Waals surface area contributed by atoms with Crippen molar-refractivity contribution in [1.29, 1.82) is 0 Å². The van der Waals surface area contributed by atoms with E-state index in [4.69, 9.17) is 0 Å². The van der Waals surface area contributed by atoms with Crippen LogP contribution in [0.15, 0.2) is 46.1 Å². The molecule has 0 amide bonds. The minimum absolute atomic E-state index is 0.147. The van der Waals surface area contributed by atoms with Gasteiger partial charge < -0.3 is 0 Å². The van der Waals surface area contributed by atoms with Gasteiger partial charge in [-0.3, -0.25) is 4.79 Å². The highest BCUT2D eigenvalue weighted by Gasteiger charge is 2.27. The molecule has 0 radical (unpaired) electrons. The highest BCUT2D eigenvalue weighted by Crippen LogP contribution is 2.42. The Morgan fingerprint density at radius 1 is 1.19 bits per heavy atom. The van der Waals surface area contributed by atoms with Crippen LogP contribution in [0.5, 0.6) is 0 Å². The maximum atomic E-state index is 11.2. The largest absolute Gasteiger partial charge is 0.295 e. The average Bonchev–Trinajstić information content (AvgIpc) is 2.35. The van der Waals surface area contributed by atoms with Gasteiger partial charge >= 0.3 is 0 Å².